The first-order valence-electron chi connectivity index (χ1n) is 8.41. The minimum absolute atomic E-state index is 0. The number of likely N-dealkylation sites (N-methyl/N-ethyl adjacent to an activating group) is 1. The van der Waals surface area contributed by atoms with E-state index < -0.39 is 86.3 Å². The molecule has 0 aliphatic heterocycles. The third-order valence-electron chi connectivity index (χ3n) is 4.41. The van der Waals surface area contributed by atoms with Gasteiger partial charge in [-0.1, -0.05) is 6.92 Å². The van der Waals surface area contributed by atoms with Gasteiger partial charge >= 0.3 is 104 Å². The van der Waals surface area contributed by atoms with Crippen LogP contribution in [-0.4, -0.2) is 84.7 Å². The molecule has 5 nitrogen and oxygen atoms in total. The van der Waals surface area contributed by atoms with E-state index >= 15 is 0 Å². The van der Waals surface area contributed by atoms with Crippen LogP contribution in [0.4, 0.5) is 83.4 Å². The van der Waals surface area contributed by atoms with Gasteiger partial charge in [0.05, 0.1) is 12.5 Å². The molecule has 0 unspecified atom stereocenters. The van der Waals surface area contributed by atoms with E-state index in [0.717, 1.165) is 0 Å². The van der Waals surface area contributed by atoms with Crippen molar-refractivity contribution in [2.45, 2.75) is 59.8 Å². The van der Waals surface area contributed by atoms with Crippen LogP contribution >= 0.6 is 0 Å². The molecule has 0 N–H and O–H groups in total. The van der Waals surface area contributed by atoms with Crippen LogP contribution in [0.15, 0.2) is 0 Å². The molecule has 0 saturated carbocycles. The van der Waals surface area contributed by atoms with Crippen LogP contribution in [0.1, 0.15) is 6.92 Å². The summed E-state index contributed by atoms with van der Waals surface area (Å²) in [5.41, 5.74) is 0. The Labute approximate surface area is 245 Å². The van der Waals surface area contributed by atoms with Crippen LogP contribution in [-0.2, 0) is 14.8 Å². The average molecular weight is 673 g/mol. The monoisotopic (exact) mass is 673 g/mol. The maximum atomic E-state index is 13.9. The van der Waals surface area contributed by atoms with E-state index in [-0.39, 0.29) is 51.4 Å². The van der Waals surface area contributed by atoms with E-state index in [9.17, 15) is 102 Å². The topological polar surface area (TPSA) is 77.5 Å². The number of aliphatic carboxylic acids is 1. The summed E-state index contributed by atoms with van der Waals surface area (Å²) in [5, 5.41) is 2.41. The summed E-state index contributed by atoms with van der Waals surface area (Å²) in [6, 6.07) is 0. The Morgan fingerprint density at radius 1 is 0.590 bits per heavy atom. The second-order valence-corrected chi connectivity index (χ2v) is 8.82. The summed E-state index contributed by atoms with van der Waals surface area (Å²) >= 11 is 0. The number of alkyl halides is 19. The summed E-state index contributed by atoms with van der Waals surface area (Å²) in [5.74, 6) is -65.3. The van der Waals surface area contributed by atoms with E-state index in [0.29, 0.717) is 6.92 Å². The van der Waals surface area contributed by atoms with Crippen molar-refractivity contribution in [1.29, 1.82) is 0 Å². The molecular formula is C13H7F19KNO4S. The van der Waals surface area contributed by atoms with Gasteiger partial charge in [0.15, 0.2) is 0 Å². The summed E-state index contributed by atoms with van der Waals surface area (Å²) in [4.78, 5) is 10.3. The van der Waals surface area contributed by atoms with Gasteiger partial charge in [0.25, 0.3) is 10.0 Å². The number of carbonyl (C=O) groups excluding carboxylic acids is 1. The third kappa shape index (κ3) is 5.59. The summed E-state index contributed by atoms with van der Waals surface area (Å²) in [6.07, 6.45) is -8.03. The van der Waals surface area contributed by atoms with Crippen molar-refractivity contribution in [2.75, 3.05) is 13.1 Å². The molecular weight excluding hydrogens is 666 g/mol. The maximum Gasteiger partial charge on any atom is 1.00 e. The number of carbonyl (C=O) groups is 1. The fourth-order valence-electron chi connectivity index (χ4n) is 2.18. The van der Waals surface area contributed by atoms with E-state index in [1.54, 1.807) is 0 Å². The van der Waals surface area contributed by atoms with Crippen molar-refractivity contribution in [2.24, 2.45) is 0 Å². The number of carboxylic acid groups (broad SMARTS) is 1. The van der Waals surface area contributed by atoms with Gasteiger partial charge in [-0.3, -0.25) is 0 Å². The molecule has 0 aromatic rings. The number of rotatable bonds is 12. The number of nitrogens with zero attached hydrogens (tertiary/aromatic N) is 1. The van der Waals surface area contributed by atoms with E-state index in [2.05, 4.69) is 0 Å². The smallest absolute Gasteiger partial charge is 0.549 e. The van der Waals surface area contributed by atoms with Gasteiger partial charge in [-0.25, -0.2) is 8.42 Å². The molecule has 0 rings (SSSR count). The molecule has 0 bridgehead atoms. The number of carboxylic acids is 1. The molecule has 0 radical (unpaired) electrons. The first-order valence-corrected chi connectivity index (χ1v) is 9.85. The Bertz CT molecular complexity index is 1010. The standard InChI is InChI=1S/C13H8F19NO4S.K/c1-2-33(3-4(34)35)38(36,37)13(31,32)11(26,27)9(22,23)7(18,19)5(14,15)6(16,17)8(20,21)10(24,25)12(28,29)30;/h2-3H2,1H3,(H,34,35);/q;+1/p-1. The number of sulfonamides is 1. The van der Waals surface area contributed by atoms with Gasteiger partial charge < -0.3 is 9.90 Å². The van der Waals surface area contributed by atoms with E-state index in [4.69, 9.17) is 0 Å². The van der Waals surface area contributed by atoms with Gasteiger partial charge in [-0.15, -0.1) is 0 Å². The quantitative estimate of drug-likeness (QED) is 0.229. The van der Waals surface area contributed by atoms with Crippen molar-refractivity contribution in [3.63, 3.8) is 0 Å². The minimum Gasteiger partial charge on any atom is -0.549 e. The molecule has 0 aromatic heterocycles. The Balaban J connectivity index is 0. The van der Waals surface area contributed by atoms with E-state index in [1.165, 1.54) is 0 Å². The molecule has 0 spiro atoms. The van der Waals surface area contributed by atoms with Crippen molar-refractivity contribution in [3.8, 4) is 0 Å². The fraction of sp³-hybridized carbons (Fsp3) is 0.923. The Morgan fingerprint density at radius 3 is 1.08 bits per heavy atom. The summed E-state index contributed by atoms with van der Waals surface area (Å²) < 4.78 is 273. The SMILES string of the molecule is CCN(CC(=O)[O-])S(=O)(=O)C(F)(F)C(F)(F)C(F)(F)C(F)(F)C(F)(F)C(F)(F)C(F)(F)C(F)(F)C(F)(F)F.[K+]. The second-order valence-electron chi connectivity index (χ2n) is 6.84. The van der Waals surface area contributed by atoms with Gasteiger partial charge in [0.1, 0.15) is 0 Å². The Morgan fingerprint density at radius 2 is 0.846 bits per heavy atom. The van der Waals surface area contributed by atoms with Crippen molar-refractivity contribution >= 4 is 16.0 Å². The average Bonchev–Trinajstić information content (AvgIpc) is 2.69. The zero-order chi connectivity index (χ0) is 31.6. The van der Waals surface area contributed by atoms with Crippen LogP contribution in [0.25, 0.3) is 0 Å². The van der Waals surface area contributed by atoms with Crippen LogP contribution in [0.3, 0.4) is 0 Å². The molecule has 0 aliphatic rings. The molecule has 0 aliphatic carbocycles. The molecule has 0 saturated heterocycles. The zero-order valence-electron chi connectivity index (χ0n) is 18.1. The van der Waals surface area contributed by atoms with Crippen LogP contribution in [0.5, 0.6) is 0 Å². The predicted molar refractivity (Wildman–Crippen MR) is 76.8 cm³/mol. The normalized spacial score (nSPS) is 15.8. The minimum atomic E-state index is -9.21. The van der Waals surface area contributed by atoms with Gasteiger partial charge in [0, 0.05) is 6.54 Å². The first-order chi connectivity index (χ1) is 16.1. The van der Waals surface area contributed by atoms with Crippen LogP contribution in [0.2, 0.25) is 0 Å². The Hall–Kier alpha value is -0.314. The predicted octanol–water partition coefficient (Wildman–Crippen LogP) is 0.994. The van der Waals surface area contributed by atoms with Crippen LogP contribution in [0, 0.1) is 0 Å². The molecule has 0 aromatic carbocycles. The zero-order valence-corrected chi connectivity index (χ0v) is 22.0. The maximum absolute atomic E-state index is 13.9. The van der Waals surface area contributed by atoms with Gasteiger partial charge in [-0.2, -0.15) is 87.7 Å². The van der Waals surface area contributed by atoms with Crippen LogP contribution < -0.4 is 56.5 Å². The largest absolute Gasteiger partial charge is 1.00 e. The fourth-order valence-corrected chi connectivity index (χ4v) is 3.57. The third-order valence-corrected chi connectivity index (χ3v) is 6.38. The Kier molecular flexibility index (Phi) is 11.6. The molecule has 228 valence electrons. The number of halogens is 19. The molecule has 0 fully saturated rings. The first kappa shape index (κ1) is 40.8. The molecule has 26 heteroatoms. The summed E-state index contributed by atoms with van der Waals surface area (Å²) in [7, 11) is -7.73. The number of hydrogen-bond acceptors (Lipinski definition) is 4. The second kappa shape index (κ2) is 11.1. The number of hydrogen-bond donors (Lipinski definition) is 0. The summed E-state index contributed by atoms with van der Waals surface area (Å²) in [6.45, 7) is -3.88. The van der Waals surface area contributed by atoms with Crippen molar-refractivity contribution < 1.29 is 153 Å². The van der Waals surface area contributed by atoms with Gasteiger partial charge in [-0.05, 0) is 0 Å². The molecule has 0 heterocycles. The van der Waals surface area contributed by atoms with Crippen molar-refractivity contribution in [3.05, 3.63) is 0 Å². The molecule has 0 amide bonds. The molecule has 39 heavy (non-hydrogen) atoms. The van der Waals surface area contributed by atoms with Gasteiger partial charge in [0.2, 0.25) is 0 Å². The van der Waals surface area contributed by atoms with Crippen molar-refractivity contribution in [1.82, 2.24) is 4.31 Å². The molecule has 0 atom stereocenters. The van der Waals surface area contributed by atoms with E-state index in [1.807, 2.05) is 0 Å².